The van der Waals surface area contributed by atoms with Gasteiger partial charge in [0.1, 0.15) is 11.5 Å². The fourth-order valence-corrected chi connectivity index (χ4v) is 3.19. The molecule has 0 radical (unpaired) electrons. The van der Waals surface area contributed by atoms with Crippen molar-refractivity contribution in [3.05, 3.63) is 53.6 Å². The predicted octanol–water partition coefficient (Wildman–Crippen LogP) is 3.31. The highest BCUT2D eigenvalue weighted by Crippen LogP contribution is 2.26. The molecule has 0 aliphatic carbocycles. The van der Waals surface area contributed by atoms with Crippen molar-refractivity contribution in [3.63, 3.8) is 0 Å². The Morgan fingerprint density at radius 2 is 1.79 bits per heavy atom. The van der Waals surface area contributed by atoms with Gasteiger partial charge >= 0.3 is 0 Å². The summed E-state index contributed by atoms with van der Waals surface area (Å²) in [5.41, 5.74) is 3.09. The number of hydrogen-bond acceptors (Lipinski definition) is 4. The Labute approximate surface area is 162 Å². The van der Waals surface area contributed by atoms with Gasteiger partial charge in [-0.1, -0.05) is 20.8 Å². The number of halogens is 1. The molecule has 1 fully saturated rings. The van der Waals surface area contributed by atoms with E-state index in [9.17, 15) is 9.18 Å². The van der Waals surface area contributed by atoms with Crippen LogP contribution < -0.4 is 0 Å². The smallest absolute Gasteiger partial charge is 0.272 e. The number of nitrogens with zero attached hydrogens (tertiary/aromatic N) is 4. The maximum absolute atomic E-state index is 13.3. The zero-order chi connectivity index (χ0) is 19.9. The number of hydrogen-bond donors (Lipinski definition) is 0. The third-order valence-electron chi connectivity index (χ3n) is 4.85. The van der Waals surface area contributed by atoms with Crippen molar-refractivity contribution in [2.24, 2.45) is 0 Å². The minimum absolute atomic E-state index is 0.109. The zero-order valence-electron chi connectivity index (χ0n) is 16.3. The second kappa shape index (κ2) is 6.98. The molecule has 4 rings (SSSR count). The van der Waals surface area contributed by atoms with Crippen LogP contribution in [-0.2, 0) is 10.2 Å². The number of morpholine rings is 1. The first-order valence-electron chi connectivity index (χ1n) is 9.37. The first kappa shape index (κ1) is 18.6. The SMILES string of the molecule is CC(C)(C)c1cc2nc(-c3ccc(F)cc3)cc(C(=O)N3CCOCC3)n2n1. The van der Waals surface area contributed by atoms with Gasteiger partial charge in [0.2, 0.25) is 0 Å². The minimum atomic E-state index is -0.311. The summed E-state index contributed by atoms with van der Waals surface area (Å²) in [5.74, 6) is -0.420. The first-order chi connectivity index (χ1) is 13.3. The number of carbonyl (C=O) groups is 1. The molecule has 1 aliphatic rings. The molecule has 0 atom stereocenters. The molecule has 2 aromatic heterocycles. The second-order valence-electron chi connectivity index (χ2n) is 7.99. The van der Waals surface area contributed by atoms with E-state index in [-0.39, 0.29) is 17.1 Å². The molecular formula is C21H23FN4O2. The molecular weight excluding hydrogens is 359 g/mol. The van der Waals surface area contributed by atoms with Crippen molar-refractivity contribution < 1.29 is 13.9 Å². The molecule has 146 valence electrons. The van der Waals surface area contributed by atoms with E-state index in [0.29, 0.717) is 43.3 Å². The van der Waals surface area contributed by atoms with Crippen molar-refractivity contribution in [3.8, 4) is 11.3 Å². The Bertz CT molecular complexity index is 1020. The fourth-order valence-electron chi connectivity index (χ4n) is 3.19. The lowest BCUT2D eigenvalue weighted by atomic mass is 9.93. The molecule has 1 saturated heterocycles. The van der Waals surface area contributed by atoms with Crippen LogP contribution in [-0.4, -0.2) is 51.7 Å². The van der Waals surface area contributed by atoms with Crippen LogP contribution >= 0.6 is 0 Å². The number of rotatable bonds is 2. The highest BCUT2D eigenvalue weighted by atomic mass is 19.1. The highest BCUT2D eigenvalue weighted by Gasteiger charge is 2.25. The molecule has 0 N–H and O–H groups in total. The third-order valence-corrected chi connectivity index (χ3v) is 4.85. The molecule has 7 heteroatoms. The summed E-state index contributed by atoms with van der Waals surface area (Å²) in [6, 6.07) is 9.75. The molecule has 3 heterocycles. The van der Waals surface area contributed by atoms with Crippen LogP contribution in [0.1, 0.15) is 37.0 Å². The quantitative estimate of drug-likeness (QED) is 0.682. The summed E-state index contributed by atoms with van der Waals surface area (Å²) < 4.78 is 20.3. The molecule has 1 aromatic carbocycles. The van der Waals surface area contributed by atoms with E-state index >= 15 is 0 Å². The van der Waals surface area contributed by atoms with Crippen molar-refractivity contribution in [2.75, 3.05) is 26.3 Å². The molecule has 0 unspecified atom stereocenters. The van der Waals surface area contributed by atoms with E-state index in [4.69, 9.17) is 4.74 Å². The summed E-state index contributed by atoms with van der Waals surface area (Å²) in [6.07, 6.45) is 0. The van der Waals surface area contributed by atoms with Gasteiger partial charge in [-0.15, -0.1) is 0 Å². The molecule has 0 bridgehead atoms. The number of amides is 1. The largest absolute Gasteiger partial charge is 0.378 e. The Morgan fingerprint density at radius 1 is 1.11 bits per heavy atom. The standard InChI is InChI=1S/C21H23FN4O2/c1-21(2,3)18-13-19-23-16(14-4-6-15(22)7-5-14)12-17(26(19)24-18)20(27)25-8-10-28-11-9-25/h4-7,12-13H,8-11H2,1-3H3. The summed E-state index contributed by atoms with van der Waals surface area (Å²) >= 11 is 0. The van der Waals surface area contributed by atoms with Gasteiger partial charge in [0.15, 0.2) is 5.65 Å². The minimum Gasteiger partial charge on any atom is -0.378 e. The van der Waals surface area contributed by atoms with Crippen LogP contribution in [0.2, 0.25) is 0 Å². The average molecular weight is 382 g/mol. The van der Waals surface area contributed by atoms with Crippen molar-refractivity contribution in [1.82, 2.24) is 19.5 Å². The van der Waals surface area contributed by atoms with Crippen LogP contribution in [0, 0.1) is 5.82 Å². The van der Waals surface area contributed by atoms with Gasteiger partial charge in [-0.3, -0.25) is 4.79 Å². The maximum atomic E-state index is 13.3. The van der Waals surface area contributed by atoms with Crippen LogP contribution in [0.15, 0.2) is 36.4 Å². The van der Waals surface area contributed by atoms with E-state index in [0.717, 1.165) is 11.3 Å². The lowest BCUT2D eigenvalue weighted by molar-refractivity contribution is 0.0297. The van der Waals surface area contributed by atoms with E-state index in [1.54, 1.807) is 27.6 Å². The lowest BCUT2D eigenvalue weighted by Gasteiger charge is -2.27. The lowest BCUT2D eigenvalue weighted by Crippen LogP contribution is -2.41. The molecule has 0 saturated carbocycles. The van der Waals surface area contributed by atoms with Crippen molar-refractivity contribution >= 4 is 11.6 Å². The van der Waals surface area contributed by atoms with Gasteiger partial charge < -0.3 is 9.64 Å². The first-order valence-corrected chi connectivity index (χ1v) is 9.37. The Hall–Kier alpha value is -2.80. The van der Waals surface area contributed by atoms with E-state index < -0.39 is 0 Å². The molecule has 1 aliphatic heterocycles. The van der Waals surface area contributed by atoms with Crippen molar-refractivity contribution in [2.45, 2.75) is 26.2 Å². The summed E-state index contributed by atoms with van der Waals surface area (Å²) in [4.78, 5) is 19.7. The number of fused-ring (bicyclic) bond motifs is 1. The summed E-state index contributed by atoms with van der Waals surface area (Å²) in [5, 5.41) is 4.66. The molecule has 3 aromatic rings. The monoisotopic (exact) mass is 382 g/mol. The second-order valence-corrected chi connectivity index (χ2v) is 7.99. The van der Waals surface area contributed by atoms with Gasteiger partial charge in [0, 0.05) is 30.1 Å². The van der Waals surface area contributed by atoms with Crippen LogP contribution in [0.4, 0.5) is 4.39 Å². The van der Waals surface area contributed by atoms with E-state index in [2.05, 4.69) is 30.9 Å². The Balaban J connectivity index is 1.87. The molecule has 28 heavy (non-hydrogen) atoms. The number of ether oxygens (including phenoxy) is 1. The van der Waals surface area contributed by atoms with Crippen LogP contribution in [0.3, 0.4) is 0 Å². The van der Waals surface area contributed by atoms with Crippen LogP contribution in [0.5, 0.6) is 0 Å². The molecule has 1 amide bonds. The fraction of sp³-hybridized carbons (Fsp3) is 0.381. The summed E-state index contributed by atoms with van der Waals surface area (Å²) in [6.45, 7) is 8.34. The normalized spacial score (nSPS) is 15.2. The van der Waals surface area contributed by atoms with Gasteiger partial charge in [-0.25, -0.2) is 13.9 Å². The molecule has 0 spiro atoms. The van der Waals surface area contributed by atoms with Crippen LogP contribution in [0.25, 0.3) is 16.9 Å². The topological polar surface area (TPSA) is 59.7 Å². The Morgan fingerprint density at radius 3 is 2.43 bits per heavy atom. The van der Waals surface area contributed by atoms with E-state index in [1.807, 2.05) is 6.07 Å². The van der Waals surface area contributed by atoms with Gasteiger partial charge in [-0.05, 0) is 30.3 Å². The van der Waals surface area contributed by atoms with Crippen molar-refractivity contribution in [1.29, 1.82) is 0 Å². The third kappa shape index (κ3) is 3.49. The Kier molecular flexibility index (Phi) is 4.63. The highest BCUT2D eigenvalue weighted by molar-refractivity contribution is 5.94. The number of benzene rings is 1. The molecule has 6 nitrogen and oxygen atoms in total. The van der Waals surface area contributed by atoms with Gasteiger partial charge in [-0.2, -0.15) is 5.10 Å². The average Bonchev–Trinajstić information content (AvgIpc) is 3.13. The number of aromatic nitrogens is 3. The predicted molar refractivity (Wildman–Crippen MR) is 104 cm³/mol. The van der Waals surface area contributed by atoms with Gasteiger partial charge in [0.05, 0.1) is 24.6 Å². The van der Waals surface area contributed by atoms with E-state index in [1.165, 1.54) is 12.1 Å². The zero-order valence-corrected chi connectivity index (χ0v) is 16.3. The number of carbonyl (C=O) groups excluding carboxylic acids is 1. The van der Waals surface area contributed by atoms with Gasteiger partial charge in [0.25, 0.3) is 5.91 Å². The summed E-state index contributed by atoms with van der Waals surface area (Å²) in [7, 11) is 0. The maximum Gasteiger partial charge on any atom is 0.272 e.